The summed E-state index contributed by atoms with van der Waals surface area (Å²) in [6, 6.07) is 6.36. The van der Waals surface area contributed by atoms with Crippen molar-refractivity contribution in [3.63, 3.8) is 0 Å². The third kappa shape index (κ3) is 3.43. The van der Waals surface area contributed by atoms with Crippen LogP contribution in [-0.4, -0.2) is 24.9 Å². The number of thiol groups is 1. The lowest BCUT2D eigenvalue weighted by Gasteiger charge is -2.15. The number of aryl methyl sites for hydroxylation is 1. The van der Waals surface area contributed by atoms with Crippen LogP contribution in [0.4, 0.5) is 0 Å². The molecule has 1 aromatic carbocycles. The summed E-state index contributed by atoms with van der Waals surface area (Å²) in [5.41, 5.74) is 2.58. The SMILES string of the molecule is CCc1cc(CN(C)CS)ccc1OC. The smallest absolute Gasteiger partial charge is 0.122 e. The molecule has 0 saturated heterocycles. The van der Waals surface area contributed by atoms with E-state index in [0.29, 0.717) is 0 Å². The molecule has 3 heteroatoms. The van der Waals surface area contributed by atoms with Crippen molar-refractivity contribution in [2.24, 2.45) is 0 Å². The van der Waals surface area contributed by atoms with Crippen LogP contribution in [0.2, 0.25) is 0 Å². The van der Waals surface area contributed by atoms with E-state index < -0.39 is 0 Å². The largest absolute Gasteiger partial charge is 0.496 e. The number of nitrogens with zero attached hydrogens (tertiary/aromatic N) is 1. The molecule has 0 spiro atoms. The Labute approximate surface area is 97.6 Å². The summed E-state index contributed by atoms with van der Waals surface area (Å²) in [7, 11) is 3.77. The summed E-state index contributed by atoms with van der Waals surface area (Å²) in [6.07, 6.45) is 1.00. The van der Waals surface area contributed by atoms with Crippen molar-refractivity contribution in [2.45, 2.75) is 19.9 Å². The second-order valence-electron chi connectivity index (χ2n) is 3.66. The van der Waals surface area contributed by atoms with Crippen molar-refractivity contribution in [1.82, 2.24) is 4.90 Å². The fourth-order valence-corrected chi connectivity index (χ4v) is 1.67. The van der Waals surface area contributed by atoms with Gasteiger partial charge in [0.05, 0.1) is 7.11 Å². The highest BCUT2D eigenvalue weighted by Crippen LogP contribution is 2.20. The third-order valence-corrected chi connectivity index (χ3v) is 2.90. The maximum absolute atomic E-state index is 5.29. The standard InChI is InChI=1S/C12H19NOS/c1-4-11-7-10(8-13(2)9-15)5-6-12(11)14-3/h5-7,15H,4,8-9H2,1-3H3. The second kappa shape index (κ2) is 6.03. The molecule has 0 fully saturated rings. The second-order valence-corrected chi connectivity index (χ2v) is 3.94. The Bertz CT molecular complexity index is 314. The average Bonchev–Trinajstić information content (AvgIpc) is 2.28. The Kier molecular flexibility index (Phi) is 4.99. The highest BCUT2D eigenvalue weighted by atomic mass is 32.1. The number of hydrogen-bond acceptors (Lipinski definition) is 3. The molecular weight excluding hydrogens is 206 g/mol. The Morgan fingerprint density at radius 1 is 1.40 bits per heavy atom. The first-order chi connectivity index (χ1) is 7.21. The van der Waals surface area contributed by atoms with Gasteiger partial charge in [-0.15, -0.1) is 0 Å². The van der Waals surface area contributed by atoms with Crippen LogP contribution in [0, 0.1) is 0 Å². The Balaban J connectivity index is 2.83. The highest BCUT2D eigenvalue weighted by Gasteiger charge is 2.04. The predicted octanol–water partition coefficient (Wildman–Crippen LogP) is 2.58. The zero-order chi connectivity index (χ0) is 11.3. The number of ether oxygens (including phenoxy) is 1. The molecule has 0 aliphatic carbocycles. The van der Waals surface area contributed by atoms with Crippen molar-refractivity contribution in [3.8, 4) is 5.75 Å². The summed E-state index contributed by atoms with van der Waals surface area (Å²) in [5, 5.41) is 0. The molecule has 1 aromatic rings. The van der Waals surface area contributed by atoms with Crippen LogP contribution in [0.25, 0.3) is 0 Å². The molecule has 0 N–H and O–H groups in total. The van der Waals surface area contributed by atoms with E-state index in [2.05, 4.69) is 43.6 Å². The summed E-state index contributed by atoms with van der Waals surface area (Å²) in [4.78, 5) is 2.16. The minimum absolute atomic E-state index is 0.771. The molecule has 0 bridgehead atoms. The van der Waals surface area contributed by atoms with Gasteiger partial charge in [-0.3, -0.25) is 4.90 Å². The van der Waals surface area contributed by atoms with Crippen LogP contribution in [-0.2, 0) is 13.0 Å². The fourth-order valence-electron chi connectivity index (χ4n) is 1.57. The van der Waals surface area contributed by atoms with Gasteiger partial charge < -0.3 is 4.74 Å². The lowest BCUT2D eigenvalue weighted by Crippen LogP contribution is -2.15. The van der Waals surface area contributed by atoms with Gasteiger partial charge in [0.25, 0.3) is 0 Å². The van der Waals surface area contributed by atoms with Gasteiger partial charge in [-0.25, -0.2) is 0 Å². The molecule has 15 heavy (non-hydrogen) atoms. The van der Waals surface area contributed by atoms with Crippen LogP contribution in [0.3, 0.4) is 0 Å². The molecule has 0 aromatic heterocycles. The van der Waals surface area contributed by atoms with Gasteiger partial charge in [-0.2, -0.15) is 12.6 Å². The van der Waals surface area contributed by atoms with Crippen molar-refractivity contribution in [3.05, 3.63) is 29.3 Å². The third-order valence-electron chi connectivity index (χ3n) is 2.42. The Hall–Kier alpha value is -0.670. The van der Waals surface area contributed by atoms with E-state index in [-0.39, 0.29) is 0 Å². The molecular formula is C12H19NOS. The monoisotopic (exact) mass is 225 g/mol. The molecule has 84 valence electrons. The molecule has 0 aliphatic heterocycles. The zero-order valence-corrected chi connectivity index (χ0v) is 10.6. The molecule has 0 saturated carbocycles. The number of hydrogen-bond donors (Lipinski definition) is 1. The minimum Gasteiger partial charge on any atom is -0.496 e. The van der Waals surface area contributed by atoms with E-state index in [1.807, 2.05) is 6.07 Å². The van der Waals surface area contributed by atoms with Crippen LogP contribution < -0.4 is 4.74 Å². The Morgan fingerprint density at radius 3 is 2.67 bits per heavy atom. The molecule has 0 heterocycles. The van der Waals surface area contributed by atoms with Gasteiger partial charge in [-0.05, 0) is 30.7 Å². The van der Waals surface area contributed by atoms with Crippen molar-refractivity contribution in [2.75, 3.05) is 20.0 Å². The van der Waals surface area contributed by atoms with Crippen molar-refractivity contribution >= 4 is 12.6 Å². The Morgan fingerprint density at radius 2 is 2.13 bits per heavy atom. The number of rotatable bonds is 5. The number of benzene rings is 1. The van der Waals surface area contributed by atoms with Gasteiger partial charge in [0, 0.05) is 12.4 Å². The highest BCUT2D eigenvalue weighted by molar-refractivity contribution is 7.80. The molecule has 0 atom stereocenters. The quantitative estimate of drug-likeness (QED) is 0.611. The van der Waals surface area contributed by atoms with Crippen LogP contribution in [0.5, 0.6) is 5.75 Å². The van der Waals surface area contributed by atoms with Crippen molar-refractivity contribution < 1.29 is 4.74 Å². The van der Waals surface area contributed by atoms with Crippen LogP contribution in [0.15, 0.2) is 18.2 Å². The van der Waals surface area contributed by atoms with Gasteiger partial charge in [0.1, 0.15) is 5.75 Å². The maximum Gasteiger partial charge on any atom is 0.122 e. The zero-order valence-electron chi connectivity index (χ0n) is 9.66. The molecule has 0 radical (unpaired) electrons. The lowest BCUT2D eigenvalue weighted by atomic mass is 10.1. The first-order valence-corrected chi connectivity index (χ1v) is 5.79. The number of methoxy groups -OCH3 is 1. The van der Waals surface area contributed by atoms with Gasteiger partial charge in [-0.1, -0.05) is 19.1 Å². The van der Waals surface area contributed by atoms with E-state index in [4.69, 9.17) is 4.74 Å². The lowest BCUT2D eigenvalue weighted by molar-refractivity contribution is 0.385. The van der Waals surface area contributed by atoms with Crippen molar-refractivity contribution in [1.29, 1.82) is 0 Å². The normalized spacial score (nSPS) is 10.7. The maximum atomic E-state index is 5.29. The topological polar surface area (TPSA) is 12.5 Å². The molecule has 0 aliphatic rings. The average molecular weight is 225 g/mol. The first kappa shape index (κ1) is 12.4. The fraction of sp³-hybridized carbons (Fsp3) is 0.500. The predicted molar refractivity (Wildman–Crippen MR) is 67.7 cm³/mol. The van der Waals surface area contributed by atoms with Gasteiger partial charge >= 0.3 is 0 Å². The van der Waals surface area contributed by atoms with E-state index in [0.717, 1.165) is 24.6 Å². The summed E-state index contributed by atoms with van der Waals surface area (Å²) < 4.78 is 5.29. The van der Waals surface area contributed by atoms with E-state index >= 15 is 0 Å². The molecule has 0 amide bonds. The van der Waals surface area contributed by atoms with Gasteiger partial charge in [0.2, 0.25) is 0 Å². The van der Waals surface area contributed by atoms with E-state index in [1.165, 1.54) is 11.1 Å². The summed E-state index contributed by atoms with van der Waals surface area (Å²) in [5.74, 6) is 1.75. The molecule has 2 nitrogen and oxygen atoms in total. The first-order valence-electron chi connectivity index (χ1n) is 5.16. The molecule has 1 rings (SSSR count). The van der Waals surface area contributed by atoms with E-state index in [1.54, 1.807) is 7.11 Å². The van der Waals surface area contributed by atoms with E-state index in [9.17, 15) is 0 Å². The summed E-state index contributed by atoms with van der Waals surface area (Å²) >= 11 is 4.23. The minimum atomic E-state index is 0.771. The van der Waals surface area contributed by atoms with Crippen LogP contribution >= 0.6 is 12.6 Å². The van der Waals surface area contributed by atoms with Crippen LogP contribution in [0.1, 0.15) is 18.1 Å². The summed E-state index contributed by atoms with van der Waals surface area (Å²) in [6.45, 7) is 3.07. The van der Waals surface area contributed by atoms with Gasteiger partial charge in [0.15, 0.2) is 0 Å². The molecule has 0 unspecified atom stereocenters.